The van der Waals surface area contributed by atoms with E-state index in [1.807, 2.05) is 6.92 Å². The molecule has 0 bridgehead atoms. The van der Waals surface area contributed by atoms with Crippen molar-refractivity contribution >= 4 is 17.8 Å². The number of nitrogens with zero attached hydrogens (tertiary/aromatic N) is 2. The van der Waals surface area contributed by atoms with Crippen LogP contribution in [0.1, 0.15) is 135 Å². The molecule has 50 heavy (non-hydrogen) atoms. The van der Waals surface area contributed by atoms with Gasteiger partial charge in [0.25, 0.3) is 11.8 Å². The van der Waals surface area contributed by atoms with Gasteiger partial charge in [0, 0.05) is 41.9 Å². The fraction of sp³-hybridized carbons (Fsp3) is 0.579. The molecule has 4 rings (SSSR count). The Morgan fingerprint density at radius 3 is 2.26 bits per heavy atom. The number of carbonyl (C=O) groups excluding carboxylic acids is 3. The summed E-state index contributed by atoms with van der Waals surface area (Å²) in [6.45, 7) is 2.57. The second-order valence-electron chi connectivity index (χ2n) is 13.3. The Bertz CT molecular complexity index is 1530. The van der Waals surface area contributed by atoms with Gasteiger partial charge in [-0.1, -0.05) is 63.2 Å². The summed E-state index contributed by atoms with van der Waals surface area (Å²) < 4.78 is 35.1. The SMILES string of the molecule is C[C@@H]1CCO[C@H]2Cn3cc(C(=O)NCc4ccc(F)cc4F)c(=O)c(CCCCCCCC/C=C\CCCCCCCC(=O)[O-])c3C(=O)N12.[Na+]. The summed E-state index contributed by atoms with van der Waals surface area (Å²) in [5.74, 6) is -3.43. The van der Waals surface area contributed by atoms with Gasteiger partial charge in [-0.3, -0.25) is 14.4 Å². The molecule has 0 aliphatic carbocycles. The Morgan fingerprint density at radius 1 is 0.960 bits per heavy atom. The van der Waals surface area contributed by atoms with E-state index >= 15 is 0 Å². The molecule has 2 amide bonds. The number of ether oxygens (including phenoxy) is 1. The Balaban J connectivity index is 0.00000676. The van der Waals surface area contributed by atoms with E-state index in [-0.39, 0.29) is 65.6 Å². The molecule has 268 valence electrons. The van der Waals surface area contributed by atoms with E-state index in [1.54, 1.807) is 9.47 Å². The third-order valence-corrected chi connectivity index (χ3v) is 9.46. The summed E-state index contributed by atoms with van der Waals surface area (Å²) in [6.07, 6.45) is 19.5. The largest absolute Gasteiger partial charge is 1.00 e. The first-order chi connectivity index (χ1) is 23.7. The van der Waals surface area contributed by atoms with Gasteiger partial charge in [0.2, 0.25) is 0 Å². The van der Waals surface area contributed by atoms with Crippen LogP contribution < -0.4 is 45.4 Å². The fourth-order valence-corrected chi connectivity index (χ4v) is 6.66. The summed E-state index contributed by atoms with van der Waals surface area (Å²) in [5.41, 5.74) is 0.110. The van der Waals surface area contributed by atoms with Gasteiger partial charge in [0.1, 0.15) is 22.9 Å². The molecule has 0 radical (unpaired) electrons. The number of hydrogen-bond donors (Lipinski definition) is 1. The number of nitrogens with one attached hydrogen (secondary N) is 1. The molecule has 0 saturated carbocycles. The monoisotopic (exact) mass is 705 g/mol. The Hall–Kier alpha value is -2.86. The van der Waals surface area contributed by atoms with E-state index in [0.717, 1.165) is 82.8 Å². The van der Waals surface area contributed by atoms with Crippen molar-refractivity contribution in [1.82, 2.24) is 14.8 Å². The molecule has 3 heterocycles. The zero-order chi connectivity index (χ0) is 35.2. The van der Waals surface area contributed by atoms with Gasteiger partial charge in [-0.2, -0.15) is 0 Å². The van der Waals surface area contributed by atoms with Gasteiger partial charge < -0.3 is 29.4 Å². The zero-order valence-corrected chi connectivity index (χ0v) is 31.7. The van der Waals surface area contributed by atoms with E-state index in [9.17, 15) is 33.1 Å². The number of benzene rings is 1. The summed E-state index contributed by atoms with van der Waals surface area (Å²) in [7, 11) is 0. The van der Waals surface area contributed by atoms with Crippen molar-refractivity contribution in [2.45, 2.75) is 135 Å². The zero-order valence-electron chi connectivity index (χ0n) is 29.7. The van der Waals surface area contributed by atoms with Gasteiger partial charge in [-0.15, -0.1) is 0 Å². The van der Waals surface area contributed by atoms with Crippen molar-refractivity contribution < 1.29 is 62.6 Å². The smallest absolute Gasteiger partial charge is 0.550 e. The molecule has 1 aromatic carbocycles. The molecule has 1 N–H and O–H groups in total. The van der Waals surface area contributed by atoms with E-state index in [4.69, 9.17) is 4.74 Å². The average Bonchev–Trinajstić information content (AvgIpc) is 3.06. The number of carboxylic acid groups (broad SMARTS) is 1. The molecular weight excluding hydrogens is 655 g/mol. The minimum absolute atomic E-state index is 0. The molecule has 1 fully saturated rings. The maximum absolute atomic E-state index is 14.2. The second kappa shape index (κ2) is 21.5. The number of allylic oxidation sites excluding steroid dienone is 2. The predicted octanol–water partition coefficient (Wildman–Crippen LogP) is 2.96. The summed E-state index contributed by atoms with van der Waals surface area (Å²) >= 11 is 0. The molecule has 1 aromatic heterocycles. The van der Waals surface area contributed by atoms with Gasteiger partial charge in [-0.05, 0) is 70.8 Å². The van der Waals surface area contributed by atoms with Gasteiger partial charge in [-0.25, -0.2) is 8.78 Å². The first kappa shape index (κ1) is 41.6. The third-order valence-electron chi connectivity index (χ3n) is 9.46. The van der Waals surface area contributed by atoms with Crippen LogP contribution in [0.2, 0.25) is 0 Å². The van der Waals surface area contributed by atoms with Crippen molar-refractivity contribution in [2.75, 3.05) is 6.61 Å². The number of amides is 2. The van der Waals surface area contributed by atoms with Crippen molar-refractivity contribution in [2.24, 2.45) is 0 Å². The predicted molar refractivity (Wildman–Crippen MR) is 181 cm³/mol. The van der Waals surface area contributed by atoms with Crippen LogP contribution >= 0.6 is 0 Å². The van der Waals surface area contributed by atoms with Crippen LogP contribution in [0, 0.1) is 11.6 Å². The Kier molecular flexibility index (Phi) is 17.9. The number of aliphatic carboxylic acids is 1. The third kappa shape index (κ3) is 12.1. The van der Waals surface area contributed by atoms with Crippen LogP contribution in [0.15, 0.2) is 41.3 Å². The molecule has 0 spiro atoms. The van der Waals surface area contributed by atoms with E-state index in [2.05, 4.69) is 17.5 Å². The Morgan fingerprint density at radius 2 is 1.60 bits per heavy atom. The number of carbonyl (C=O) groups is 3. The second-order valence-corrected chi connectivity index (χ2v) is 13.3. The first-order valence-corrected chi connectivity index (χ1v) is 17.9. The van der Waals surface area contributed by atoms with Crippen LogP contribution in [0.25, 0.3) is 0 Å². The molecule has 9 nitrogen and oxygen atoms in total. The molecule has 2 atom stereocenters. The van der Waals surface area contributed by atoms with E-state index < -0.39 is 35.2 Å². The fourth-order valence-electron chi connectivity index (χ4n) is 6.66. The minimum Gasteiger partial charge on any atom is -0.550 e. The first-order valence-electron chi connectivity index (χ1n) is 17.9. The van der Waals surface area contributed by atoms with E-state index in [1.165, 1.54) is 12.3 Å². The van der Waals surface area contributed by atoms with Gasteiger partial charge in [0.15, 0.2) is 11.7 Å². The van der Waals surface area contributed by atoms with Crippen molar-refractivity contribution in [3.8, 4) is 0 Å². The quantitative estimate of drug-likeness (QED) is 0.129. The Labute approximate surface area is 316 Å². The maximum atomic E-state index is 14.2. The molecule has 2 aromatic rings. The van der Waals surface area contributed by atoms with Crippen LogP contribution in [0.3, 0.4) is 0 Å². The number of halogens is 2. The molecule has 2 aliphatic heterocycles. The van der Waals surface area contributed by atoms with Crippen LogP contribution in [-0.4, -0.2) is 46.1 Å². The standard InChI is InChI=1S/C38H51F2N3O6.Na/c1-27-21-22-49-33-26-42-25-31(37(47)41-24-28-19-20-29(39)23-32(28)40)36(46)30(35(42)38(48)43(27)33)17-15-13-11-9-7-5-3-2-4-6-8-10-12-14-16-18-34(44)45;/h2,4,19-20,23,25,27,33H,3,5-18,21-22,24,26H2,1H3,(H,41,47)(H,44,45);/q;+1/p-1/b4-2-;/t27-,33+;/m1./s1. The molecule has 2 aliphatic rings. The van der Waals surface area contributed by atoms with Crippen molar-refractivity contribution in [3.63, 3.8) is 0 Å². The molecule has 1 saturated heterocycles. The molecule has 0 unspecified atom stereocenters. The topological polar surface area (TPSA) is 121 Å². The van der Waals surface area contributed by atoms with Crippen molar-refractivity contribution in [1.29, 1.82) is 0 Å². The number of hydrogen-bond acceptors (Lipinski definition) is 6. The molecule has 12 heteroatoms. The summed E-state index contributed by atoms with van der Waals surface area (Å²) in [5, 5.41) is 13.0. The number of rotatable bonds is 20. The summed E-state index contributed by atoms with van der Waals surface area (Å²) in [4.78, 5) is 52.9. The van der Waals surface area contributed by atoms with Crippen molar-refractivity contribution in [3.05, 3.63) is 80.8 Å². The number of unbranched alkanes of at least 4 members (excludes halogenated alkanes) is 11. The van der Waals surface area contributed by atoms with Crippen LogP contribution in [0.5, 0.6) is 0 Å². The van der Waals surface area contributed by atoms with Crippen LogP contribution in [0.4, 0.5) is 8.78 Å². The minimum atomic E-state index is -0.969. The van der Waals surface area contributed by atoms with Gasteiger partial charge >= 0.3 is 29.6 Å². The number of aromatic nitrogens is 1. The molecular formula is C38H50F2N3NaO6. The number of carboxylic acids is 1. The summed E-state index contributed by atoms with van der Waals surface area (Å²) in [6, 6.07) is 3.06. The van der Waals surface area contributed by atoms with Gasteiger partial charge in [0.05, 0.1) is 13.2 Å². The van der Waals surface area contributed by atoms with E-state index in [0.29, 0.717) is 50.1 Å². The normalized spacial score (nSPS) is 16.9. The van der Waals surface area contributed by atoms with Crippen LogP contribution in [-0.2, 0) is 29.0 Å². The maximum Gasteiger partial charge on any atom is 1.00 e. The average molecular weight is 706 g/mol. The number of fused-ring (bicyclic) bond motifs is 2. The number of pyridine rings is 1.